The molecule has 3 N–H and O–H groups in total. The van der Waals surface area contributed by atoms with Gasteiger partial charge in [0.15, 0.2) is 0 Å². The van der Waals surface area contributed by atoms with E-state index in [4.69, 9.17) is 5.73 Å². The average Bonchev–Trinajstić information content (AvgIpc) is 3.31. The van der Waals surface area contributed by atoms with Gasteiger partial charge in [0.2, 0.25) is 0 Å². The molecule has 4 heterocycles. The summed E-state index contributed by atoms with van der Waals surface area (Å²) in [6, 6.07) is 3.97. The second-order valence-corrected chi connectivity index (χ2v) is 9.10. The van der Waals surface area contributed by atoms with Crippen molar-refractivity contribution < 1.29 is 4.79 Å². The molecule has 1 aliphatic heterocycles. The topological polar surface area (TPSA) is 84.1 Å². The Labute approximate surface area is 168 Å². The predicted octanol–water partition coefficient (Wildman–Crippen LogP) is 3.20. The smallest absolute Gasteiger partial charge is 0.264 e. The van der Waals surface area contributed by atoms with E-state index < -0.39 is 0 Å². The molecule has 1 fully saturated rings. The summed E-state index contributed by atoms with van der Waals surface area (Å²) in [5.74, 6) is 0.347. The third kappa shape index (κ3) is 3.08. The molecule has 0 bridgehead atoms. The van der Waals surface area contributed by atoms with Crippen LogP contribution in [0.25, 0.3) is 21.5 Å². The van der Waals surface area contributed by atoms with Crippen molar-refractivity contribution in [3.63, 3.8) is 0 Å². The number of carbonyl (C=O) groups is 1. The number of pyridine rings is 1. The lowest BCUT2D eigenvalue weighted by atomic mass is 9.99. The number of rotatable bonds is 3. The minimum absolute atomic E-state index is 0.0138. The van der Waals surface area contributed by atoms with E-state index in [1.807, 2.05) is 30.2 Å². The molecule has 148 valence electrons. The zero-order valence-corrected chi connectivity index (χ0v) is 17.5. The normalized spacial score (nSPS) is 17.2. The number of fused-ring (bicyclic) bond motifs is 1. The molecule has 1 atom stereocenters. The number of hydrogen-bond acceptors (Lipinski definition) is 4. The summed E-state index contributed by atoms with van der Waals surface area (Å²) in [5, 5.41) is 0. The van der Waals surface area contributed by atoms with Crippen LogP contribution in [0, 0.1) is 6.92 Å². The van der Waals surface area contributed by atoms with Crippen LogP contribution in [0.5, 0.6) is 0 Å². The number of thiophene rings is 1. The van der Waals surface area contributed by atoms with Crippen LogP contribution in [-0.2, 0) is 7.05 Å². The maximum Gasteiger partial charge on any atom is 0.264 e. The first kappa shape index (κ1) is 19.0. The van der Waals surface area contributed by atoms with Crippen molar-refractivity contribution in [1.29, 1.82) is 0 Å². The molecule has 28 heavy (non-hydrogen) atoms. The number of hydrogen-bond donors (Lipinski definition) is 2. The molecule has 0 spiro atoms. The first-order valence-corrected chi connectivity index (χ1v) is 10.5. The van der Waals surface area contributed by atoms with Crippen molar-refractivity contribution in [2.24, 2.45) is 12.8 Å². The lowest BCUT2D eigenvalue weighted by molar-refractivity contribution is 0.0795. The highest BCUT2D eigenvalue weighted by atomic mass is 32.1. The number of carbonyl (C=O) groups excluding carboxylic acids is 1. The summed E-state index contributed by atoms with van der Waals surface area (Å²) in [5.41, 5.74) is 10.9. The monoisotopic (exact) mass is 398 g/mol. The fourth-order valence-corrected chi connectivity index (χ4v) is 5.31. The van der Waals surface area contributed by atoms with E-state index in [-0.39, 0.29) is 23.4 Å². The molecule has 6 nitrogen and oxygen atoms in total. The number of likely N-dealkylation sites (tertiary alicyclic amines) is 1. The van der Waals surface area contributed by atoms with E-state index in [2.05, 4.69) is 18.8 Å². The van der Waals surface area contributed by atoms with E-state index in [1.54, 1.807) is 23.0 Å². The summed E-state index contributed by atoms with van der Waals surface area (Å²) in [6.45, 7) is 7.50. The Balaban J connectivity index is 1.80. The maximum atomic E-state index is 12.9. The second-order valence-electron chi connectivity index (χ2n) is 8.05. The Hall–Kier alpha value is -2.38. The van der Waals surface area contributed by atoms with Crippen molar-refractivity contribution in [2.75, 3.05) is 13.1 Å². The zero-order chi connectivity index (χ0) is 20.2. The molecule has 0 aromatic carbocycles. The first-order valence-electron chi connectivity index (χ1n) is 9.64. The molecule has 1 amide bonds. The summed E-state index contributed by atoms with van der Waals surface area (Å²) < 4.78 is 2.73. The summed E-state index contributed by atoms with van der Waals surface area (Å²) in [4.78, 5) is 31.0. The zero-order valence-electron chi connectivity index (χ0n) is 16.7. The van der Waals surface area contributed by atoms with Gasteiger partial charge in [0, 0.05) is 43.5 Å². The number of nitrogens with one attached hydrogen (secondary N) is 1. The van der Waals surface area contributed by atoms with Crippen LogP contribution in [0.2, 0.25) is 0 Å². The largest absolute Gasteiger partial charge is 0.354 e. The Morgan fingerprint density at radius 1 is 1.36 bits per heavy atom. The molecular weight excluding hydrogens is 372 g/mol. The molecule has 1 saturated heterocycles. The Kier molecular flexibility index (Phi) is 4.67. The number of aromatic nitrogens is 2. The number of amides is 1. The lowest BCUT2D eigenvalue weighted by Gasteiger charge is -2.14. The van der Waals surface area contributed by atoms with Gasteiger partial charge in [0.1, 0.15) is 0 Å². The van der Waals surface area contributed by atoms with E-state index in [0.717, 1.165) is 39.3 Å². The van der Waals surface area contributed by atoms with Crippen molar-refractivity contribution in [3.05, 3.63) is 44.7 Å². The number of H-pyrrole nitrogens is 1. The highest BCUT2D eigenvalue weighted by Crippen LogP contribution is 2.40. The van der Waals surface area contributed by atoms with Gasteiger partial charge in [-0.15, -0.1) is 11.3 Å². The van der Waals surface area contributed by atoms with Gasteiger partial charge in [-0.2, -0.15) is 0 Å². The molecule has 1 aliphatic rings. The average molecular weight is 399 g/mol. The Morgan fingerprint density at radius 2 is 2.11 bits per heavy atom. The highest BCUT2D eigenvalue weighted by molar-refractivity contribution is 7.21. The Bertz CT molecular complexity index is 1100. The van der Waals surface area contributed by atoms with Crippen LogP contribution < -0.4 is 11.3 Å². The molecule has 0 aliphatic carbocycles. The van der Waals surface area contributed by atoms with Gasteiger partial charge in [-0.25, -0.2) is 0 Å². The maximum absolute atomic E-state index is 12.9. The quantitative estimate of drug-likeness (QED) is 0.711. The summed E-state index contributed by atoms with van der Waals surface area (Å²) >= 11 is 1.54. The molecule has 0 unspecified atom stereocenters. The predicted molar refractivity (Wildman–Crippen MR) is 114 cm³/mol. The molecule has 0 radical (unpaired) electrons. The molecule has 0 saturated carbocycles. The molecule has 4 rings (SSSR count). The second kappa shape index (κ2) is 6.90. The van der Waals surface area contributed by atoms with E-state index >= 15 is 0 Å². The fourth-order valence-electron chi connectivity index (χ4n) is 4.03. The summed E-state index contributed by atoms with van der Waals surface area (Å²) in [6.07, 6.45) is 2.73. The lowest BCUT2D eigenvalue weighted by Crippen LogP contribution is -2.31. The van der Waals surface area contributed by atoms with Crippen LogP contribution >= 0.6 is 11.3 Å². The van der Waals surface area contributed by atoms with Gasteiger partial charge < -0.3 is 20.2 Å². The minimum Gasteiger partial charge on any atom is -0.354 e. The van der Waals surface area contributed by atoms with Crippen molar-refractivity contribution in [2.45, 2.75) is 39.2 Å². The summed E-state index contributed by atoms with van der Waals surface area (Å²) in [7, 11) is 1.77. The number of aromatic amines is 1. The van der Waals surface area contributed by atoms with Crippen LogP contribution in [0.15, 0.2) is 23.1 Å². The Morgan fingerprint density at radius 3 is 2.71 bits per heavy atom. The van der Waals surface area contributed by atoms with Gasteiger partial charge in [0.25, 0.3) is 11.5 Å². The molecular formula is C21H26N4O2S. The van der Waals surface area contributed by atoms with Crippen molar-refractivity contribution in [3.8, 4) is 11.3 Å². The van der Waals surface area contributed by atoms with Crippen LogP contribution in [0.1, 0.15) is 47.0 Å². The van der Waals surface area contributed by atoms with Crippen molar-refractivity contribution >= 4 is 27.5 Å². The third-order valence-corrected chi connectivity index (χ3v) is 6.61. The van der Waals surface area contributed by atoms with Crippen LogP contribution in [0.3, 0.4) is 0 Å². The van der Waals surface area contributed by atoms with E-state index in [9.17, 15) is 9.59 Å². The van der Waals surface area contributed by atoms with Gasteiger partial charge in [-0.3, -0.25) is 9.59 Å². The highest BCUT2D eigenvalue weighted by Gasteiger charge is 2.27. The minimum atomic E-state index is 0.0138. The van der Waals surface area contributed by atoms with Gasteiger partial charge >= 0.3 is 0 Å². The number of nitrogens with zero attached hydrogens (tertiary/aromatic N) is 2. The SMILES string of the molecule is Cc1cc(-c2[nH]c3cc(C(=O)N4CC[C@H](N)C4)sc3c2C(C)C)cn(C)c1=O. The number of aryl methyl sites for hydroxylation is 2. The fraction of sp³-hybridized carbons (Fsp3) is 0.429. The van der Waals surface area contributed by atoms with Gasteiger partial charge in [-0.1, -0.05) is 13.8 Å². The van der Waals surface area contributed by atoms with Crippen molar-refractivity contribution in [1.82, 2.24) is 14.5 Å². The van der Waals surface area contributed by atoms with Gasteiger partial charge in [-0.05, 0) is 37.0 Å². The van der Waals surface area contributed by atoms with Crippen LogP contribution in [-0.4, -0.2) is 39.5 Å². The molecule has 7 heteroatoms. The number of nitrogens with two attached hydrogens (primary N) is 1. The van der Waals surface area contributed by atoms with E-state index in [0.29, 0.717) is 12.1 Å². The first-order chi connectivity index (χ1) is 13.3. The van der Waals surface area contributed by atoms with Gasteiger partial charge in [0.05, 0.1) is 20.8 Å². The molecule has 3 aromatic heterocycles. The molecule has 3 aromatic rings. The van der Waals surface area contributed by atoms with Crippen LogP contribution in [0.4, 0.5) is 0 Å². The standard InChI is InChI=1S/C21H26N4O2S/c1-11(2)17-18(13-7-12(3)20(26)24(4)9-13)23-15-8-16(28-19(15)17)21(27)25-6-5-14(22)10-25/h7-9,11,14,23H,5-6,10,22H2,1-4H3/t14-/m0/s1. The van der Waals surface area contributed by atoms with E-state index in [1.165, 1.54) is 5.56 Å². The third-order valence-electron chi connectivity index (χ3n) is 5.46.